The number of aliphatic hydroxyl groups is 1. The van der Waals surface area contributed by atoms with Crippen molar-refractivity contribution in [3.05, 3.63) is 35.9 Å². The highest BCUT2D eigenvalue weighted by Gasteiger charge is 2.53. The molecule has 1 saturated heterocycles. The van der Waals surface area contributed by atoms with Crippen molar-refractivity contribution < 1.29 is 14.6 Å². The van der Waals surface area contributed by atoms with E-state index < -0.39 is 11.6 Å². The molecule has 1 aromatic rings. The molecular formula is C12H13IO3. The second kappa shape index (κ2) is 4.33. The van der Waals surface area contributed by atoms with Crippen molar-refractivity contribution in [2.75, 3.05) is 4.43 Å². The van der Waals surface area contributed by atoms with E-state index in [1.54, 1.807) is 0 Å². The van der Waals surface area contributed by atoms with Crippen molar-refractivity contribution >= 4 is 28.6 Å². The highest BCUT2D eigenvalue weighted by atomic mass is 127. The molecule has 1 aliphatic rings. The molecule has 3 nitrogen and oxygen atoms in total. The first kappa shape index (κ1) is 11.9. The topological polar surface area (TPSA) is 46.5 Å². The lowest BCUT2D eigenvalue weighted by atomic mass is 9.82. The van der Waals surface area contributed by atoms with Crippen LogP contribution in [0.15, 0.2) is 30.3 Å². The number of carbonyl (C=O) groups excluding carboxylic acids is 1. The Kier molecular flexibility index (Phi) is 3.21. The standard InChI is InChI=1S/C12H13IO3/c1-12(15)10(8-5-3-2-4-6-8)9(7-13)16-11(12)14/h2-6,9-10,15H,7H2,1H3/t9-,10+,12+/m1/s1. The number of rotatable bonds is 2. The van der Waals surface area contributed by atoms with E-state index in [0.717, 1.165) is 5.56 Å². The third-order valence-electron chi connectivity index (χ3n) is 2.96. The number of cyclic esters (lactones) is 1. The molecule has 1 aromatic carbocycles. The molecule has 4 heteroatoms. The maximum atomic E-state index is 11.6. The average Bonchev–Trinajstić information content (AvgIpc) is 2.51. The van der Waals surface area contributed by atoms with Gasteiger partial charge in [-0.05, 0) is 12.5 Å². The summed E-state index contributed by atoms with van der Waals surface area (Å²) in [5, 5.41) is 10.2. The van der Waals surface area contributed by atoms with E-state index in [1.807, 2.05) is 30.3 Å². The van der Waals surface area contributed by atoms with Crippen LogP contribution in [0.1, 0.15) is 18.4 Å². The Labute approximate surface area is 108 Å². The summed E-state index contributed by atoms with van der Waals surface area (Å²) >= 11 is 2.17. The summed E-state index contributed by atoms with van der Waals surface area (Å²) in [6.07, 6.45) is -0.245. The summed E-state index contributed by atoms with van der Waals surface area (Å²) in [6.45, 7) is 1.53. The van der Waals surface area contributed by atoms with Crippen LogP contribution in [-0.2, 0) is 9.53 Å². The maximum absolute atomic E-state index is 11.6. The summed E-state index contributed by atoms with van der Waals surface area (Å²) in [7, 11) is 0. The van der Waals surface area contributed by atoms with Gasteiger partial charge in [0.1, 0.15) is 6.10 Å². The van der Waals surface area contributed by atoms with Gasteiger partial charge in [-0.3, -0.25) is 0 Å². The van der Waals surface area contributed by atoms with Gasteiger partial charge in [-0.2, -0.15) is 0 Å². The molecule has 3 atom stereocenters. The van der Waals surface area contributed by atoms with Crippen LogP contribution in [0.4, 0.5) is 0 Å². The summed E-state index contributed by atoms with van der Waals surface area (Å²) in [5.41, 5.74) is -0.475. The Morgan fingerprint density at radius 3 is 2.62 bits per heavy atom. The first-order valence-corrected chi connectivity index (χ1v) is 6.64. The zero-order valence-corrected chi connectivity index (χ0v) is 11.0. The van der Waals surface area contributed by atoms with Gasteiger partial charge in [0.25, 0.3) is 0 Å². The van der Waals surface area contributed by atoms with E-state index in [0.29, 0.717) is 4.43 Å². The largest absolute Gasteiger partial charge is 0.459 e. The summed E-state index contributed by atoms with van der Waals surface area (Å²) in [5.74, 6) is -0.805. The molecular weight excluding hydrogens is 319 g/mol. The lowest BCUT2D eigenvalue weighted by Gasteiger charge is -2.23. The van der Waals surface area contributed by atoms with Gasteiger partial charge >= 0.3 is 5.97 Å². The fourth-order valence-corrected chi connectivity index (χ4v) is 2.82. The van der Waals surface area contributed by atoms with Crippen molar-refractivity contribution in [1.82, 2.24) is 0 Å². The van der Waals surface area contributed by atoms with E-state index in [9.17, 15) is 9.90 Å². The predicted octanol–water partition coefficient (Wildman–Crippen LogP) is 1.88. The van der Waals surface area contributed by atoms with Crippen LogP contribution in [0.5, 0.6) is 0 Å². The quantitative estimate of drug-likeness (QED) is 0.511. The van der Waals surface area contributed by atoms with Gasteiger partial charge in [0, 0.05) is 4.43 Å². The second-order valence-corrected chi connectivity index (χ2v) is 5.01. The molecule has 0 saturated carbocycles. The Balaban J connectivity index is 2.41. The zero-order valence-electron chi connectivity index (χ0n) is 8.89. The molecule has 0 aromatic heterocycles. The Bertz CT molecular complexity index is 389. The Morgan fingerprint density at radius 1 is 1.44 bits per heavy atom. The number of benzene rings is 1. The predicted molar refractivity (Wildman–Crippen MR) is 68.6 cm³/mol. The summed E-state index contributed by atoms with van der Waals surface area (Å²) in [4.78, 5) is 11.6. The molecule has 86 valence electrons. The van der Waals surface area contributed by atoms with Crippen LogP contribution in [0, 0.1) is 0 Å². The van der Waals surface area contributed by atoms with Gasteiger partial charge in [0.15, 0.2) is 5.60 Å². The highest BCUT2D eigenvalue weighted by Crippen LogP contribution is 2.40. The van der Waals surface area contributed by atoms with Gasteiger partial charge in [-0.25, -0.2) is 4.79 Å². The third kappa shape index (κ3) is 1.84. The van der Waals surface area contributed by atoms with E-state index in [1.165, 1.54) is 6.92 Å². The minimum Gasteiger partial charge on any atom is -0.459 e. The van der Waals surface area contributed by atoms with Gasteiger partial charge in [0.2, 0.25) is 0 Å². The van der Waals surface area contributed by atoms with Crippen molar-refractivity contribution in [3.8, 4) is 0 Å². The molecule has 1 fully saturated rings. The normalized spacial score (nSPS) is 33.8. The fourth-order valence-electron chi connectivity index (χ4n) is 2.13. The third-order valence-corrected chi connectivity index (χ3v) is 3.83. The maximum Gasteiger partial charge on any atom is 0.338 e. The molecule has 0 bridgehead atoms. The zero-order chi connectivity index (χ0) is 11.8. The first-order valence-electron chi connectivity index (χ1n) is 5.11. The lowest BCUT2D eigenvalue weighted by Crippen LogP contribution is -2.37. The highest BCUT2D eigenvalue weighted by molar-refractivity contribution is 14.1. The first-order chi connectivity index (χ1) is 7.57. The molecule has 0 unspecified atom stereocenters. The number of esters is 1. The molecule has 1 heterocycles. The summed E-state index contributed by atoms with van der Waals surface area (Å²) in [6, 6.07) is 9.55. The van der Waals surface area contributed by atoms with Crippen molar-refractivity contribution in [1.29, 1.82) is 0 Å². The summed E-state index contributed by atoms with van der Waals surface area (Å²) < 4.78 is 5.88. The van der Waals surface area contributed by atoms with E-state index >= 15 is 0 Å². The molecule has 0 aliphatic carbocycles. The van der Waals surface area contributed by atoms with Gasteiger partial charge in [-0.1, -0.05) is 52.9 Å². The molecule has 0 radical (unpaired) electrons. The van der Waals surface area contributed by atoms with Crippen LogP contribution < -0.4 is 0 Å². The van der Waals surface area contributed by atoms with Crippen molar-refractivity contribution in [2.45, 2.75) is 24.5 Å². The van der Waals surface area contributed by atoms with Crippen LogP contribution in [0.2, 0.25) is 0 Å². The minimum absolute atomic E-state index is 0.245. The van der Waals surface area contributed by atoms with Crippen molar-refractivity contribution in [3.63, 3.8) is 0 Å². The monoisotopic (exact) mass is 332 g/mol. The van der Waals surface area contributed by atoms with Gasteiger partial charge in [0.05, 0.1) is 5.92 Å². The van der Waals surface area contributed by atoms with Crippen LogP contribution >= 0.6 is 22.6 Å². The Morgan fingerprint density at radius 2 is 2.06 bits per heavy atom. The number of hydrogen-bond donors (Lipinski definition) is 1. The number of halogens is 1. The fraction of sp³-hybridized carbons (Fsp3) is 0.417. The molecule has 16 heavy (non-hydrogen) atoms. The van der Waals surface area contributed by atoms with Crippen LogP contribution in [-0.4, -0.2) is 27.2 Å². The molecule has 0 amide bonds. The van der Waals surface area contributed by atoms with E-state index in [-0.39, 0.29) is 12.0 Å². The lowest BCUT2D eigenvalue weighted by molar-refractivity contribution is -0.153. The Hall–Kier alpha value is -0.620. The number of ether oxygens (including phenoxy) is 1. The number of carbonyl (C=O) groups is 1. The van der Waals surface area contributed by atoms with E-state index in [4.69, 9.17) is 4.74 Å². The number of alkyl halides is 1. The number of hydrogen-bond acceptors (Lipinski definition) is 3. The van der Waals surface area contributed by atoms with Gasteiger partial charge in [-0.15, -0.1) is 0 Å². The van der Waals surface area contributed by atoms with E-state index in [2.05, 4.69) is 22.6 Å². The molecule has 1 N–H and O–H groups in total. The molecule has 1 aliphatic heterocycles. The average molecular weight is 332 g/mol. The van der Waals surface area contributed by atoms with Crippen LogP contribution in [0.3, 0.4) is 0 Å². The van der Waals surface area contributed by atoms with Gasteiger partial charge < -0.3 is 9.84 Å². The van der Waals surface area contributed by atoms with Crippen LogP contribution in [0.25, 0.3) is 0 Å². The SMILES string of the molecule is C[C@@]1(O)C(=O)O[C@H](CI)[C@@H]1c1ccccc1. The molecule has 0 spiro atoms. The molecule has 2 rings (SSSR count). The minimum atomic E-state index is -1.42. The smallest absolute Gasteiger partial charge is 0.338 e. The van der Waals surface area contributed by atoms with Crippen molar-refractivity contribution in [2.24, 2.45) is 0 Å². The second-order valence-electron chi connectivity index (χ2n) is 4.13.